The van der Waals surface area contributed by atoms with Gasteiger partial charge in [-0.05, 0) is 31.6 Å². The third-order valence-electron chi connectivity index (χ3n) is 2.97. The van der Waals surface area contributed by atoms with Crippen LogP contribution in [0.1, 0.15) is 45.4 Å². The van der Waals surface area contributed by atoms with Crippen LogP contribution in [0.4, 0.5) is 0 Å². The highest BCUT2D eigenvalue weighted by molar-refractivity contribution is 4.60. The van der Waals surface area contributed by atoms with Crippen LogP contribution in [-0.4, -0.2) is 31.2 Å². The summed E-state index contributed by atoms with van der Waals surface area (Å²) in [5.74, 6) is 0.478. The second-order valence-corrected chi connectivity index (χ2v) is 4.29. The number of aliphatic hydroxyl groups excluding tert-OH is 1. The molecular formula is C12H24O3. The molecule has 0 aromatic rings. The van der Waals surface area contributed by atoms with Crippen LogP contribution in [0.3, 0.4) is 0 Å². The van der Waals surface area contributed by atoms with E-state index in [9.17, 15) is 5.11 Å². The van der Waals surface area contributed by atoms with Crippen molar-refractivity contribution in [2.24, 2.45) is 5.92 Å². The molecule has 0 amide bonds. The maximum Gasteiger partial charge on any atom is 0.157 e. The summed E-state index contributed by atoms with van der Waals surface area (Å²) in [7, 11) is 0. The Morgan fingerprint density at radius 2 is 1.87 bits per heavy atom. The van der Waals surface area contributed by atoms with Crippen LogP contribution in [0.2, 0.25) is 0 Å². The first-order valence-corrected chi connectivity index (χ1v) is 6.21. The molecule has 0 saturated carbocycles. The Kier molecular flexibility index (Phi) is 6.98. The fraction of sp³-hybridized carbons (Fsp3) is 1.00. The average molecular weight is 216 g/mol. The second kappa shape index (κ2) is 8.08. The van der Waals surface area contributed by atoms with Gasteiger partial charge in [-0.25, -0.2) is 0 Å². The smallest absolute Gasteiger partial charge is 0.157 e. The molecule has 0 aromatic carbocycles. The van der Waals surface area contributed by atoms with Crippen LogP contribution in [-0.2, 0) is 9.47 Å². The van der Waals surface area contributed by atoms with E-state index in [0.717, 1.165) is 38.9 Å². The number of unbranched alkanes of at least 4 members (excludes halogenated alkanes) is 1. The Labute approximate surface area is 92.8 Å². The van der Waals surface area contributed by atoms with Crippen molar-refractivity contribution < 1.29 is 14.6 Å². The Hall–Kier alpha value is -0.120. The van der Waals surface area contributed by atoms with E-state index in [1.54, 1.807) is 0 Å². The summed E-state index contributed by atoms with van der Waals surface area (Å²) in [4.78, 5) is 0. The van der Waals surface area contributed by atoms with Gasteiger partial charge in [-0.3, -0.25) is 0 Å². The molecule has 1 atom stereocenters. The largest absolute Gasteiger partial charge is 0.396 e. The standard InChI is InChI=1S/C12H24O3/c1-2-3-5-11(10-13)6-4-7-12-14-8-9-15-12/h11-13H,2-10H2,1H3. The molecule has 0 aromatic heterocycles. The fourth-order valence-electron chi connectivity index (χ4n) is 1.97. The summed E-state index contributed by atoms with van der Waals surface area (Å²) in [6.45, 7) is 3.99. The highest BCUT2D eigenvalue weighted by Crippen LogP contribution is 2.18. The second-order valence-electron chi connectivity index (χ2n) is 4.29. The Morgan fingerprint density at radius 3 is 2.47 bits per heavy atom. The quantitative estimate of drug-likeness (QED) is 0.676. The van der Waals surface area contributed by atoms with Gasteiger partial charge in [0, 0.05) is 6.61 Å². The van der Waals surface area contributed by atoms with Crippen molar-refractivity contribution in [1.82, 2.24) is 0 Å². The maximum absolute atomic E-state index is 9.18. The van der Waals surface area contributed by atoms with E-state index in [1.807, 2.05) is 0 Å². The minimum Gasteiger partial charge on any atom is -0.396 e. The number of hydrogen-bond acceptors (Lipinski definition) is 3. The van der Waals surface area contributed by atoms with E-state index in [0.29, 0.717) is 12.5 Å². The molecule has 90 valence electrons. The molecule has 1 fully saturated rings. The van der Waals surface area contributed by atoms with Gasteiger partial charge in [0.05, 0.1) is 13.2 Å². The average Bonchev–Trinajstić information content (AvgIpc) is 2.76. The van der Waals surface area contributed by atoms with Gasteiger partial charge in [0.15, 0.2) is 6.29 Å². The monoisotopic (exact) mass is 216 g/mol. The first-order valence-electron chi connectivity index (χ1n) is 6.21. The van der Waals surface area contributed by atoms with Gasteiger partial charge >= 0.3 is 0 Å². The fourth-order valence-corrected chi connectivity index (χ4v) is 1.97. The van der Waals surface area contributed by atoms with Gasteiger partial charge < -0.3 is 14.6 Å². The molecule has 15 heavy (non-hydrogen) atoms. The summed E-state index contributed by atoms with van der Waals surface area (Å²) >= 11 is 0. The summed E-state index contributed by atoms with van der Waals surface area (Å²) < 4.78 is 10.7. The SMILES string of the molecule is CCCCC(CO)CCCC1OCCO1. The first kappa shape index (κ1) is 12.9. The molecule has 1 saturated heterocycles. The molecule has 1 N–H and O–H groups in total. The molecule has 1 unspecified atom stereocenters. The molecule has 0 aliphatic carbocycles. The van der Waals surface area contributed by atoms with E-state index in [4.69, 9.17) is 9.47 Å². The Morgan fingerprint density at radius 1 is 1.20 bits per heavy atom. The van der Waals surface area contributed by atoms with Crippen LogP contribution in [0.25, 0.3) is 0 Å². The van der Waals surface area contributed by atoms with E-state index in [2.05, 4.69) is 6.92 Å². The lowest BCUT2D eigenvalue weighted by molar-refractivity contribution is -0.0488. The highest BCUT2D eigenvalue weighted by Gasteiger charge is 2.16. The zero-order valence-corrected chi connectivity index (χ0v) is 9.78. The molecule has 0 bridgehead atoms. The van der Waals surface area contributed by atoms with Crippen molar-refractivity contribution in [3.05, 3.63) is 0 Å². The molecule has 1 aliphatic heterocycles. The summed E-state index contributed by atoms with van der Waals surface area (Å²) in [5.41, 5.74) is 0. The molecule has 3 nitrogen and oxygen atoms in total. The number of rotatable bonds is 8. The number of hydrogen-bond donors (Lipinski definition) is 1. The van der Waals surface area contributed by atoms with Crippen molar-refractivity contribution in [1.29, 1.82) is 0 Å². The van der Waals surface area contributed by atoms with Crippen molar-refractivity contribution in [3.63, 3.8) is 0 Å². The lowest BCUT2D eigenvalue weighted by Gasteiger charge is -2.14. The van der Waals surface area contributed by atoms with Crippen molar-refractivity contribution in [2.75, 3.05) is 19.8 Å². The Balaban J connectivity index is 2.00. The van der Waals surface area contributed by atoms with Crippen molar-refractivity contribution in [2.45, 2.75) is 51.7 Å². The summed E-state index contributed by atoms with van der Waals surface area (Å²) in [5, 5.41) is 9.18. The number of aliphatic hydroxyl groups is 1. The lowest BCUT2D eigenvalue weighted by Crippen LogP contribution is -2.10. The maximum atomic E-state index is 9.18. The lowest BCUT2D eigenvalue weighted by atomic mass is 9.97. The van der Waals surface area contributed by atoms with Crippen molar-refractivity contribution in [3.8, 4) is 0 Å². The van der Waals surface area contributed by atoms with Gasteiger partial charge in [-0.2, -0.15) is 0 Å². The van der Waals surface area contributed by atoms with Crippen LogP contribution in [0, 0.1) is 5.92 Å². The molecule has 1 rings (SSSR count). The zero-order chi connectivity index (χ0) is 10.9. The van der Waals surface area contributed by atoms with Gasteiger partial charge in [0.1, 0.15) is 0 Å². The topological polar surface area (TPSA) is 38.7 Å². The third-order valence-corrected chi connectivity index (χ3v) is 2.97. The van der Waals surface area contributed by atoms with E-state index in [-0.39, 0.29) is 6.29 Å². The minimum absolute atomic E-state index is 0.0236. The molecule has 0 spiro atoms. The van der Waals surface area contributed by atoms with Gasteiger partial charge in [-0.15, -0.1) is 0 Å². The number of ether oxygens (including phenoxy) is 2. The van der Waals surface area contributed by atoms with E-state index < -0.39 is 0 Å². The minimum atomic E-state index is 0.0236. The van der Waals surface area contributed by atoms with Crippen molar-refractivity contribution >= 4 is 0 Å². The normalized spacial score (nSPS) is 19.6. The predicted octanol–water partition coefficient (Wildman–Crippen LogP) is 2.33. The van der Waals surface area contributed by atoms with Crippen LogP contribution in [0.5, 0.6) is 0 Å². The van der Waals surface area contributed by atoms with Gasteiger partial charge in [0.2, 0.25) is 0 Å². The zero-order valence-electron chi connectivity index (χ0n) is 9.78. The van der Waals surface area contributed by atoms with Gasteiger partial charge in [-0.1, -0.05) is 19.8 Å². The molecule has 3 heteroatoms. The molecular weight excluding hydrogens is 192 g/mol. The van der Waals surface area contributed by atoms with Crippen LogP contribution >= 0.6 is 0 Å². The Bertz CT molecular complexity index is 144. The summed E-state index contributed by atoms with van der Waals surface area (Å²) in [6.07, 6.45) is 6.78. The molecule has 0 radical (unpaired) electrons. The predicted molar refractivity (Wildman–Crippen MR) is 59.6 cm³/mol. The highest BCUT2D eigenvalue weighted by atomic mass is 16.7. The van der Waals surface area contributed by atoms with Gasteiger partial charge in [0.25, 0.3) is 0 Å². The van der Waals surface area contributed by atoms with E-state index >= 15 is 0 Å². The van der Waals surface area contributed by atoms with Crippen LogP contribution < -0.4 is 0 Å². The molecule has 1 heterocycles. The van der Waals surface area contributed by atoms with Crippen LogP contribution in [0.15, 0.2) is 0 Å². The molecule has 1 aliphatic rings. The summed E-state index contributed by atoms with van der Waals surface area (Å²) in [6, 6.07) is 0. The van der Waals surface area contributed by atoms with E-state index in [1.165, 1.54) is 12.8 Å². The third kappa shape index (κ3) is 5.50. The first-order chi connectivity index (χ1) is 7.36.